The molecule has 3 heterocycles. The zero-order valence-electron chi connectivity index (χ0n) is 39.3. The predicted octanol–water partition coefficient (Wildman–Crippen LogP) is -3.15. The molecule has 12 N–H and O–H groups in total. The zero-order valence-corrected chi connectivity index (χ0v) is 39.3. The number of nitrogens with zero attached hydrogens (tertiary/aromatic N) is 4. The minimum atomic E-state index is -1.54. The number of aliphatic imine (C=N–C) groups is 1. The molecule has 0 radical (unpaired) electrons. The molecule has 8 amide bonds. The number of carboxylic acids is 1. The van der Waals surface area contributed by atoms with Crippen LogP contribution in [0.5, 0.6) is 0 Å². The third kappa shape index (κ3) is 15.2. The number of nitrogens with one attached hydrogen (secondary N) is 6. The normalized spacial score (nSPS) is 19.2. The van der Waals surface area contributed by atoms with E-state index in [0.717, 1.165) is 0 Å². The molecule has 0 aromatic heterocycles. The van der Waals surface area contributed by atoms with Crippen LogP contribution >= 0.6 is 0 Å². The summed E-state index contributed by atoms with van der Waals surface area (Å²) in [7, 11) is 1.59. The van der Waals surface area contributed by atoms with Crippen molar-refractivity contribution in [1.29, 1.82) is 0 Å². The third-order valence-electron chi connectivity index (χ3n) is 12.5. The molecule has 0 spiro atoms. The highest BCUT2D eigenvalue weighted by molar-refractivity contribution is 5.98. The zero-order chi connectivity index (χ0) is 50.7. The van der Waals surface area contributed by atoms with Crippen LogP contribution < -0.4 is 43.4 Å². The number of aliphatic hydroxyl groups excluding tert-OH is 1. The van der Waals surface area contributed by atoms with Gasteiger partial charge in [-0.25, -0.2) is 4.79 Å². The molecule has 3 fully saturated rings. The van der Waals surface area contributed by atoms with E-state index in [2.05, 4.69) is 36.9 Å². The summed E-state index contributed by atoms with van der Waals surface area (Å²) in [5, 5.41) is 35.9. The molecule has 70 heavy (non-hydrogen) atoms. The molecule has 23 heteroatoms. The van der Waals surface area contributed by atoms with Crippen LogP contribution in [-0.4, -0.2) is 179 Å². The van der Waals surface area contributed by atoms with Crippen molar-refractivity contribution in [3.8, 4) is 0 Å². The Kier molecular flexibility index (Phi) is 20.4. The van der Waals surface area contributed by atoms with E-state index in [0.29, 0.717) is 43.2 Å². The molecule has 0 aliphatic carbocycles. The number of carbonyl (C=O) groups is 9. The van der Waals surface area contributed by atoms with Gasteiger partial charge >= 0.3 is 5.97 Å². The van der Waals surface area contributed by atoms with Gasteiger partial charge in [0.05, 0.1) is 19.7 Å². The summed E-state index contributed by atoms with van der Waals surface area (Å²) in [6.07, 6.45) is 2.78. The first-order valence-corrected chi connectivity index (χ1v) is 23.6. The number of carbonyl (C=O) groups excluding carboxylic acids is 8. The van der Waals surface area contributed by atoms with Gasteiger partial charge in [0.2, 0.25) is 47.3 Å². The SMILES string of the molecule is CNCC(=O)N[C@@H](CCCN=C(N)N)C(=O)N1CCC[C@H]1C(=O)N1CCC[C@H]1C(=O)NCC(=O)N[C@@H](Cc1ccccc1)C(=O)N[C@@H](CO)C(=O)N1CCC[C@H]1C(=O)N[C@H](Cc1ccccc1)C(=O)O. The van der Waals surface area contributed by atoms with Crippen LogP contribution in [0.4, 0.5) is 0 Å². The number of benzene rings is 2. The summed E-state index contributed by atoms with van der Waals surface area (Å²) in [6.45, 7) is -0.667. The van der Waals surface area contributed by atoms with E-state index in [1.807, 2.05) is 0 Å². The third-order valence-corrected chi connectivity index (χ3v) is 12.5. The Balaban J connectivity index is 1.20. The minimum Gasteiger partial charge on any atom is -0.480 e. The molecule has 5 rings (SSSR count). The fraction of sp³-hybridized carbons (Fsp3) is 0.532. The predicted molar refractivity (Wildman–Crippen MR) is 254 cm³/mol. The number of likely N-dealkylation sites (N-methyl/N-ethyl adjacent to an activating group) is 1. The van der Waals surface area contributed by atoms with E-state index in [9.17, 15) is 53.4 Å². The number of hydrogen-bond acceptors (Lipinski definition) is 12. The van der Waals surface area contributed by atoms with Crippen LogP contribution in [0.15, 0.2) is 65.7 Å². The van der Waals surface area contributed by atoms with Crippen LogP contribution in [0.2, 0.25) is 0 Å². The smallest absolute Gasteiger partial charge is 0.326 e. The summed E-state index contributed by atoms with van der Waals surface area (Å²) >= 11 is 0. The Morgan fingerprint density at radius 1 is 0.643 bits per heavy atom. The molecule has 2 aromatic carbocycles. The Morgan fingerprint density at radius 3 is 1.73 bits per heavy atom. The maximum absolute atomic E-state index is 14.1. The number of hydrogen-bond donors (Lipinski definition) is 10. The van der Waals surface area contributed by atoms with Gasteiger partial charge in [0, 0.05) is 39.0 Å². The van der Waals surface area contributed by atoms with Crippen molar-refractivity contribution in [2.75, 3.05) is 52.9 Å². The first-order valence-electron chi connectivity index (χ1n) is 23.6. The second kappa shape index (κ2) is 26.6. The molecule has 380 valence electrons. The molecule has 0 unspecified atom stereocenters. The quantitative estimate of drug-likeness (QED) is 0.0282. The van der Waals surface area contributed by atoms with Crippen molar-refractivity contribution in [3.05, 3.63) is 71.8 Å². The molecule has 23 nitrogen and oxygen atoms in total. The summed E-state index contributed by atoms with van der Waals surface area (Å²) in [4.78, 5) is 129. The number of guanidine groups is 1. The van der Waals surface area contributed by atoms with Crippen LogP contribution in [0.25, 0.3) is 0 Å². The molecular formula is C47H66N12O11. The number of nitrogens with two attached hydrogens (primary N) is 2. The topological polar surface area (TPSA) is 340 Å². The van der Waals surface area contributed by atoms with Gasteiger partial charge < -0.3 is 68.3 Å². The molecule has 3 aliphatic rings. The number of aliphatic hydroxyl groups is 1. The summed E-state index contributed by atoms with van der Waals surface area (Å²) in [5.74, 6) is -6.37. The lowest BCUT2D eigenvalue weighted by Crippen LogP contribution is -2.59. The maximum atomic E-state index is 14.1. The van der Waals surface area contributed by atoms with E-state index in [1.165, 1.54) is 14.7 Å². The highest BCUT2D eigenvalue weighted by Gasteiger charge is 2.44. The van der Waals surface area contributed by atoms with Gasteiger partial charge in [0.15, 0.2) is 5.96 Å². The number of likely N-dealkylation sites (tertiary alicyclic amines) is 3. The molecule has 3 aliphatic heterocycles. The largest absolute Gasteiger partial charge is 0.480 e. The molecule has 2 aromatic rings. The van der Waals surface area contributed by atoms with Gasteiger partial charge in [-0.05, 0) is 69.5 Å². The van der Waals surface area contributed by atoms with Crippen LogP contribution in [-0.2, 0) is 56.0 Å². The van der Waals surface area contributed by atoms with Gasteiger partial charge in [-0.1, -0.05) is 60.7 Å². The highest BCUT2D eigenvalue weighted by Crippen LogP contribution is 2.26. The van der Waals surface area contributed by atoms with Crippen molar-refractivity contribution >= 4 is 59.2 Å². The van der Waals surface area contributed by atoms with E-state index in [-0.39, 0.29) is 70.8 Å². The highest BCUT2D eigenvalue weighted by atomic mass is 16.4. The van der Waals surface area contributed by atoms with Crippen LogP contribution in [0.3, 0.4) is 0 Å². The first-order chi connectivity index (χ1) is 33.6. The van der Waals surface area contributed by atoms with Crippen molar-refractivity contribution in [2.24, 2.45) is 16.5 Å². The number of aliphatic carboxylic acids is 1. The Bertz CT molecular complexity index is 2200. The number of carboxylic acid groups (broad SMARTS) is 1. The lowest BCUT2D eigenvalue weighted by Gasteiger charge is -2.33. The summed E-state index contributed by atoms with van der Waals surface area (Å²) < 4.78 is 0. The van der Waals surface area contributed by atoms with Gasteiger partial charge in [-0.2, -0.15) is 0 Å². The van der Waals surface area contributed by atoms with Crippen LogP contribution in [0, 0.1) is 0 Å². The maximum Gasteiger partial charge on any atom is 0.326 e. The Hall–Kier alpha value is -7.14. The van der Waals surface area contributed by atoms with E-state index >= 15 is 0 Å². The fourth-order valence-electron chi connectivity index (χ4n) is 9.02. The van der Waals surface area contributed by atoms with Gasteiger partial charge in [0.25, 0.3) is 0 Å². The van der Waals surface area contributed by atoms with Gasteiger partial charge in [-0.15, -0.1) is 0 Å². The lowest BCUT2D eigenvalue weighted by atomic mass is 10.0. The van der Waals surface area contributed by atoms with Crippen molar-refractivity contribution in [3.63, 3.8) is 0 Å². The van der Waals surface area contributed by atoms with Crippen molar-refractivity contribution < 1.29 is 53.4 Å². The number of rotatable bonds is 24. The van der Waals surface area contributed by atoms with Crippen molar-refractivity contribution in [1.82, 2.24) is 46.6 Å². The standard InChI is InChI=1S/C47H66N12O11/c1-50-26-38(61)53-31(16-8-20-51-47(48)49)43(66)59-23-11-19-37(59)45(68)58-22-9-17-35(58)41(64)52-27-39(62)54-32(24-29-12-4-2-5-13-29)40(63)56-34(28-60)44(67)57-21-10-18-36(57)42(65)55-33(46(69)70)25-30-14-6-3-7-15-30/h2-7,12-15,31-37,50,60H,8-11,16-28H2,1H3,(H,52,64)(H,53,61)(H,54,62)(H,55,65)(H,56,63)(H,69,70)(H4,48,49,51)/t31-,32-,33+,34-,35-,36-,37-/m0/s1. The lowest BCUT2D eigenvalue weighted by molar-refractivity contribution is -0.148. The van der Waals surface area contributed by atoms with E-state index in [4.69, 9.17) is 11.5 Å². The minimum absolute atomic E-state index is 0.00501. The van der Waals surface area contributed by atoms with Gasteiger partial charge in [0.1, 0.15) is 42.3 Å². The molecule has 3 saturated heterocycles. The Labute approximate surface area is 405 Å². The second-order valence-corrected chi connectivity index (χ2v) is 17.5. The van der Waals surface area contributed by atoms with E-state index in [1.54, 1.807) is 67.7 Å². The molecule has 0 saturated carbocycles. The monoisotopic (exact) mass is 974 g/mol. The van der Waals surface area contributed by atoms with Crippen molar-refractivity contribution in [2.45, 2.75) is 107 Å². The van der Waals surface area contributed by atoms with Crippen LogP contribution in [0.1, 0.15) is 62.5 Å². The first kappa shape index (κ1) is 53.8. The Morgan fingerprint density at radius 2 is 1.16 bits per heavy atom. The second-order valence-electron chi connectivity index (χ2n) is 17.5. The summed E-state index contributed by atoms with van der Waals surface area (Å²) in [5.41, 5.74) is 12.2. The molecular weight excluding hydrogens is 909 g/mol. The summed E-state index contributed by atoms with van der Waals surface area (Å²) in [6, 6.07) is 9.39. The van der Waals surface area contributed by atoms with Gasteiger partial charge in [-0.3, -0.25) is 43.3 Å². The average molecular weight is 975 g/mol. The molecule has 0 bridgehead atoms. The van der Waals surface area contributed by atoms with E-state index < -0.39 is 109 Å². The average Bonchev–Trinajstić information content (AvgIpc) is 4.16. The number of amides is 8. The molecule has 7 atom stereocenters. The fourth-order valence-corrected chi connectivity index (χ4v) is 9.02.